The summed E-state index contributed by atoms with van der Waals surface area (Å²) in [4.78, 5) is 36.1. The molecular weight excluding hydrogens is 264 g/mol. The van der Waals surface area contributed by atoms with Crippen LogP contribution in [0.3, 0.4) is 0 Å². The Balaban J connectivity index is 2.11. The Bertz CT molecular complexity index is 564. The second-order valence-electron chi connectivity index (χ2n) is 4.59. The number of hydrogen-bond acceptors (Lipinski definition) is 5. The molecule has 1 aromatic carbocycles. The molecule has 0 aliphatic carbocycles. The Labute approximate surface area is 114 Å². The third kappa shape index (κ3) is 2.71. The summed E-state index contributed by atoms with van der Waals surface area (Å²) in [5, 5.41) is 21.1. The SMILES string of the molecule is CN1C(=O)CCC(NC(=O)c2cc(O)cc(O)c2)C1=O. The van der Waals surface area contributed by atoms with Crippen LogP contribution >= 0.6 is 0 Å². The van der Waals surface area contributed by atoms with Gasteiger partial charge in [-0.2, -0.15) is 0 Å². The molecule has 2 rings (SSSR count). The van der Waals surface area contributed by atoms with E-state index in [9.17, 15) is 24.6 Å². The lowest BCUT2D eigenvalue weighted by Crippen LogP contribution is -2.52. The number of imide groups is 1. The zero-order valence-corrected chi connectivity index (χ0v) is 10.8. The Morgan fingerprint density at radius 1 is 1.25 bits per heavy atom. The van der Waals surface area contributed by atoms with Crippen molar-refractivity contribution in [3.05, 3.63) is 23.8 Å². The fraction of sp³-hybridized carbons (Fsp3) is 0.308. The number of carbonyl (C=O) groups is 3. The van der Waals surface area contributed by atoms with E-state index in [2.05, 4.69) is 5.32 Å². The third-order valence-corrected chi connectivity index (χ3v) is 3.12. The van der Waals surface area contributed by atoms with Gasteiger partial charge < -0.3 is 15.5 Å². The predicted molar refractivity (Wildman–Crippen MR) is 68.0 cm³/mol. The number of phenols is 2. The van der Waals surface area contributed by atoms with Crippen molar-refractivity contribution in [3.63, 3.8) is 0 Å². The van der Waals surface area contributed by atoms with Crippen molar-refractivity contribution in [2.75, 3.05) is 7.05 Å². The van der Waals surface area contributed by atoms with E-state index in [1.54, 1.807) is 0 Å². The summed E-state index contributed by atoms with van der Waals surface area (Å²) in [6.45, 7) is 0. The van der Waals surface area contributed by atoms with Crippen LogP contribution in [0.1, 0.15) is 23.2 Å². The lowest BCUT2D eigenvalue weighted by Gasteiger charge is -2.28. The van der Waals surface area contributed by atoms with E-state index < -0.39 is 17.9 Å². The molecule has 3 N–H and O–H groups in total. The second kappa shape index (κ2) is 5.20. The van der Waals surface area contributed by atoms with Crippen LogP contribution in [-0.4, -0.2) is 45.9 Å². The summed E-state index contributed by atoms with van der Waals surface area (Å²) < 4.78 is 0. The van der Waals surface area contributed by atoms with Gasteiger partial charge in [0.05, 0.1) is 0 Å². The van der Waals surface area contributed by atoms with E-state index >= 15 is 0 Å². The third-order valence-electron chi connectivity index (χ3n) is 3.12. The van der Waals surface area contributed by atoms with E-state index in [0.717, 1.165) is 11.0 Å². The van der Waals surface area contributed by atoms with Crippen molar-refractivity contribution < 1.29 is 24.6 Å². The molecule has 7 heteroatoms. The molecule has 1 atom stereocenters. The van der Waals surface area contributed by atoms with Gasteiger partial charge in [-0.1, -0.05) is 0 Å². The van der Waals surface area contributed by atoms with Gasteiger partial charge in [-0.05, 0) is 18.6 Å². The molecule has 1 heterocycles. The molecule has 0 spiro atoms. The highest BCUT2D eigenvalue weighted by Crippen LogP contribution is 2.21. The van der Waals surface area contributed by atoms with E-state index in [0.29, 0.717) is 0 Å². The van der Waals surface area contributed by atoms with Crippen molar-refractivity contribution in [1.29, 1.82) is 0 Å². The Morgan fingerprint density at radius 3 is 2.45 bits per heavy atom. The van der Waals surface area contributed by atoms with Gasteiger partial charge in [-0.15, -0.1) is 0 Å². The maximum Gasteiger partial charge on any atom is 0.252 e. The minimum absolute atomic E-state index is 0.0369. The minimum Gasteiger partial charge on any atom is -0.508 e. The van der Waals surface area contributed by atoms with E-state index in [1.807, 2.05) is 0 Å². The van der Waals surface area contributed by atoms with Crippen LogP contribution in [0, 0.1) is 0 Å². The summed E-state index contributed by atoms with van der Waals surface area (Å²) in [6, 6.07) is 2.67. The number of hydrogen-bond donors (Lipinski definition) is 3. The molecule has 0 radical (unpaired) electrons. The van der Waals surface area contributed by atoms with Crippen LogP contribution in [-0.2, 0) is 9.59 Å². The van der Waals surface area contributed by atoms with Crippen molar-refractivity contribution in [1.82, 2.24) is 10.2 Å². The fourth-order valence-corrected chi connectivity index (χ4v) is 2.02. The molecule has 20 heavy (non-hydrogen) atoms. The first-order valence-corrected chi connectivity index (χ1v) is 6.03. The van der Waals surface area contributed by atoms with Crippen LogP contribution in [0.5, 0.6) is 11.5 Å². The zero-order chi connectivity index (χ0) is 14.9. The molecule has 7 nitrogen and oxygen atoms in total. The summed E-state index contributed by atoms with van der Waals surface area (Å²) >= 11 is 0. The highest BCUT2D eigenvalue weighted by atomic mass is 16.3. The molecule has 0 aromatic heterocycles. The van der Waals surface area contributed by atoms with Crippen molar-refractivity contribution in [3.8, 4) is 11.5 Å². The monoisotopic (exact) mass is 278 g/mol. The first-order chi connectivity index (χ1) is 9.38. The maximum atomic E-state index is 12.0. The molecule has 1 aliphatic rings. The molecule has 0 saturated carbocycles. The number of piperidine rings is 1. The number of nitrogens with zero attached hydrogens (tertiary/aromatic N) is 1. The Hall–Kier alpha value is -2.57. The highest BCUT2D eigenvalue weighted by molar-refractivity contribution is 6.03. The van der Waals surface area contributed by atoms with Gasteiger partial charge in [-0.25, -0.2) is 0 Å². The smallest absolute Gasteiger partial charge is 0.252 e. The van der Waals surface area contributed by atoms with Crippen LogP contribution in [0.25, 0.3) is 0 Å². The van der Waals surface area contributed by atoms with E-state index in [-0.39, 0.29) is 35.8 Å². The highest BCUT2D eigenvalue weighted by Gasteiger charge is 2.32. The van der Waals surface area contributed by atoms with Crippen molar-refractivity contribution in [2.45, 2.75) is 18.9 Å². The van der Waals surface area contributed by atoms with Crippen LogP contribution in [0.15, 0.2) is 18.2 Å². The lowest BCUT2D eigenvalue weighted by atomic mass is 10.0. The normalized spacial score (nSPS) is 19.1. The first-order valence-electron chi connectivity index (χ1n) is 6.03. The molecule has 3 amide bonds. The Kier molecular flexibility index (Phi) is 3.60. The lowest BCUT2D eigenvalue weighted by molar-refractivity contribution is -0.147. The standard InChI is InChI=1S/C13H14N2O5/c1-15-11(18)3-2-10(13(15)20)14-12(19)7-4-8(16)6-9(17)5-7/h4-6,10,16-17H,2-3H2,1H3,(H,14,19). The number of aromatic hydroxyl groups is 2. The number of phenolic OH excluding ortho intramolecular Hbond substituents is 2. The zero-order valence-electron chi connectivity index (χ0n) is 10.8. The van der Waals surface area contributed by atoms with E-state index in [1.165, 1.54) is 19.2 Å². The largest absolute Gasteiger partial charge is 0.508 e. The van der Waals surface area contributed by atoms with Gasteiger partial charge in [0.25, 0.3) is 11.8 Å². The molecule has 0 bridgehead atoms. The van der Waals surface area contributed by atoms with Gasteiger partial charge >= 0.3 is 0 Å². The minimum atomic E-state index is -0.783. The topological polar surface area (TPSA) is 107 Å². The van der Waals surface area contributed by atoms with Gasteiger partial charge in [0, 0.05) is 25.1 Å². The molecular formula is C13H14N2O5. The summed E-state index contributed by atoms with van der Waals surface area (Å²) in [7, 11) is 1.36. The number of amides is 3. The molecule has 1 aliphatic heterocycles. The number of likely N-dealkylation sites (N-methyl/N-ethyl adjacent to an activating group) is 1. The molecule has 1 unspecified atom stereocenters. The average Bonchev–Trinajstić information content (AvgIpc) is 2.38. The summed E-state index contributed by atoms with van der Waals surface area (Å²) in [5.41, 5.74) is 0.0369. The fourth-order valence-electron chi connectivity index (χ4n) is 2.02. The second-order valence-corrected chi connectivity index (χ2v) is 4.59. The maximum absolute atomic E-state index is 12.0. The quantitative estimate of drug-likeness (QED) is 0.659. The van der Waals surface area contributed by atoms with Crippen LogP contribution < -0.4 is 5.32 Å². The number of nitrogens with one attached hydrogen (secondary N) is 1. The molecule has 1 aromatic rings. The predicted octanol–water partition coefficient (Wildman–Crippen LogP) is -0.0250. The molecule has 106 valence electrons. The van der Waals surface area contributed by atoms with Crippen LogP contribution in [0.4, 0.5) is 0 Å². The number of likely N-dealkylation sites (tertiary alicyclic amines) is 1. The van der Waals surface area contributed by atoms with Crippen molar-refractivity contribution >= 4 is 17.7 Å². The van der Waals surface area contributed by atoms with Gasteiger partial charge in [0.15, 0.2) is 0 Å². The summed E-state index contributed by atoms with van der Waals surface area (Å²) in [5.74, 6) is -1.86. The van der Waals surface area contributed by atoms with Crippen molar-refractivity contribution in [2.24, 2.45) is 0 Å². The van der Waals surface area contributed by atoms with Gasteiger partial charge in [-0.3, -0.25) is 19.3 Å². The van der Waals surface area contributed by atoms with E-state index in [4.69, 9.17) is 0 Å². The Morgan fingerprint density at radius 2 is 1.85 bits per heavy atom. The van der Waals surface area contributed by atoms with Crippen LogP contribution in [0.2, 0.25) is 0 Å². The number of carbonyl (C=O) groups excluding carboxylic acids is 3. The van der Waals surface area contributed by atoms with Gasteiger partial charge in [0.1, 0.15) is 17.5 Å². The average molecular weight is 278 g/mol. The molecule has 1 fully saturated rings. The number of rotatable bonds is 2. The summed E-state index contributed by atoms with van der Waals surface area (Å²) in [6.07, 6.45) is 0.414. The first kappa shape index (κ1) is 13.9. The van der Waals surface area contributed by atoms with Gasteiger partial charge in [0.2, 0.25) is 5.91 Å². The number of benzene rings is 1. The molecule has 1 saturated heterocycles.